The van der Waals surface area contributed by atoms with Gasteiger partial charge in [-0.25, -0.2) is 9.97 Å². The van der Waals surface area contributed by atoms with Gasteiger partial charge < -0.3 is 20.1 Å². The third kappa shape index (κ3) is 5.78. The molecule has 1 fully saturated rings. The molecule has 0 bridgehead atoms. The Kier molecular flexibility index (Phi) is 7.25. The number of rotatable bonds is 8. The molecule has 3 aromatic rings. The number of aromatic nitrogens is 3. The zero-order valence-electron chi connectivity index (χ0n) is 18.1. The van der Waals surface area contributed by atoms with Gasteiger partial charge in [0.1, 0.15) is 24.3 Å². The second-order valence-electron chi connectivity index (χ2n) is 7.37. The van der Waals surface area contributed by atoms with E-state index in [1.54, 1.807) is 24.3 Å². The largest absolute Gasteiger partial charge is 0.476 e. The summed E-state index contributed by atoms with van der Waals surface area (Å²) < 4.78 is 11.1. The van der Waals surface area contributed by atoms with Crippen molar-refractivity contribution in [1.29, 1.82) is 0 Å². The minimum atomic E-state index is -0.264. The zero-order valence-corrected chi connectivity index (χ0v) is 18.9. The minimum absolute atomic E-state index is 0.0602. The third-order valence-electron chi connectivity index (χ3n) is 4.96. The smallest absolute Gasteiger partial charge is 0.239 e. The molecule has 9 nitrogen and oxygen atoms in total. The lowest BCUT2D eigenvalue weighted by molar-refractivity contribution is -0.131. The number of nitrogens with zero attached hydrogens (tertiary/aromatic N) is 4. The average molecular weight is 455 g/mol. The Bertz CT molecular complexity index is 1050. The molecule has 0 aliphatic carbocycles. The van der Waals surface area contributed by atoms with Crippen LogP contribution in [0, 0.1) is 6.92 Å². The van der Waals surface area contributed by atoms with Crippen LogP contribution < -0.4 is 15.4 Å². The van der Waals surface area contributed by atoms with Crippen LogP contribution in [0.1, 0.15) is 5.82 Å². The van der Waals surface area contributed by atoms with Crippen LogP contribution in [0.3, 0.4) is 0 Å². The molecule has 1 saturated heterocycles. The molecule has 168 valence electrons. The van der Waals surface area contributed by atoms with Gasteiger partial charge in [-0.2, -0.15) is 4.98 Å². The van der Waals surface area contributed by atoms with Gasteiger partial charge in [-0.3, -0.25) is 9.69 Å². The van der Waals surface area contributed by atoms with E-state index >= 15 is 0 Å². The van der Waals surface area contributed by atoms with Crippen molar-refractivity contribution in [2.24, 2.45) is 0 Å². The molecule has 1 aliphatic heterocycles. The van der Waals surface area contributed by atoms with E-state index in [0.717, 1.165) is 22.1 Å². The quantitative estimate of drug-likeness (QED) is 0.501. The Labute approximate surface area is 190 Å². The molecule has 2 N–H and O–H groups in total. The van der Waals surface area contributed by atoms with Crippen LogP contribution in [-0.2, 0) is 9.53 Å². The number of nitrogens with one attached hydrogen (secondary N) is 2. The molecule has 0 saturated carbocycles. The molecule has 1 aromatic carbocycles. The average Bonchev–Trinajstić information content (AvgIpc) is 3.25. The highest BCUT2D eigenvalue weighted by molar-refractivity contribution is 7.18. The predicted molar refractivity (Wildman–Crippen MR) is 123 cm³/mol. The molecule has 0 spiro atoms. The number of hydrogen-bond acceptors (Lipinski definition) is 9. The maximum atomic E-state index is 12.3. The molecule has 4 rings (SSSR count). The van der Waals surface area contributed by atoms with Crippen LogP contribution in [0.25, 0.3) is 10.4 Å². The van der Waals surface area contributed by atoms with Crippen LogP contribution >= 0.6 is 11.3 Å². The summed E-state index contributed by atoms with van der Waals surface area (Å²) in [5.74, 6) is 1.56. The van der Waals surface area contributed by atoms with Crippen molar-refractivity contribution in [2.45, 2.75) is 13.0 Å². The molecule has 0 unspecified atom stereocenters. The van der Waals surface area contributed by atoms with E-state index in [0.29, 0.717) is 43.9 Å². The Morgan fingerprint density at radius 3 is 2.97 bits per heavy atom. The topological polar surface area (TPSA) is 102 Å². The number of ether oxygens (including phenoxy) is 2. The number of aryl methyl sites for hydroxylation is 1. The number of carbonyl (C=O) groups is 1. The lowest BCUT2D eigenvalue weighted by Gasteiger charge is -2.31. The summed E-state index contributed by atoms with van der Waals surface area (Å²) in [6, 6.07) is 11.6. The van der Waals surface area contributed by atoms with Gasteiger partial charge in [-0.15, -0.1) is 0 Å². The fourth-order valence-electron chi connectivity index (χ4n) is 3.27. The van der Waals surface area contributed by atoms with E-state index in [4.69, 9.17) is 9.47 Å². The van der Waals surface area contributed by atoms with Gasteiger partial charge in [0.25, 0.3) is 0 Å². The lowest BCUT2D eigenvalue weighted by Crippen LogP contribution is -2.52. The monoisotopic (exact) mass is 454 g/mol. The van der Waals surface area contributed by atoms with E-state index in [2.05, 4.69) is 37.7 Å². The number of morpholine rings is 1. The number of hydrogen-bond donors (Lipinski definition) is 2. The summed E-state index contributed by atoms with van der Waals surface area (Å²) in [6.45, 7) is 4.29. The molecule has 1 atom stereocenters. The van der Waals surface area contributed by atoms with Gasteiger partial charge in [0.15, 0.2) is 5.13 Å². The first-order valence-electron chi connectivity index (χ1n) is 10.4. The van der Waals surface area contributed by atoms with Crippen molar-refractivity contribution in [1.82, 2.24) is 25.2 Å². The highest BCUT2D eigenvalue weighted by Gasteiger charge is 2.26. The molecular formula is C22H26N6O3S. The minimum Gasteiger partial charge on any atom is -0.476 e. The summed E-state index contributed by atoms with van der Waals surface area (Å²) >= 11 is 1.55. The molecule has 32 heavy (non-hydrogen) atoms. The SMILES string of the molecule is Cc1nc(Nc2ncc(-c3ccccc3)s2)cc(OCCNC(=O)[C@@H]2COCCN2C)n1. The van der Waals surface area contributed by atoms with Crippen molar-refractivity contribution in [2.75, 3.05) is 45.3 Å². The van der Waals surface area contributed by atoms with E-state index < -0.39 is 0 Å². The molecular weight excluding hydrogens is 428 g/mol. The number of benzene rings is 1. The summed E-state index contributed by atoms with van der Waals surface area (Å²) in [5.41, 5.74) is 1.12. The van der Waals surface area contributed by atoms with Gasteiger partial charge in [0.2, 0.25) is 11.8 Å². The Morgan fingerprint density at radius 1 is 1.31 bits per heavy atom. The summed E-state index contributed by atoms with van der Waals surface area (Å²) in [5, 5.41) is 6.84. The first kappa shape index (κ1) is 22.1. The number of carbonyl (C=O) groups excluding carboxylic acids is 1. The number of thiazole rings is 1. The number of likely N-dealkylation sites (N-methyl/N-ethyl adjacent to an activating group) is 1. The van der Waals surface area contributed by atoms with Gasteiger partial charge in [-0.05, 0) is 19.5 Å². The van der Waals surface area contributed by atoms with E-state index in [1.165, 1.54) is 0 Å². The van der Waals surface area contributed by atoms with Crippen LogP contribution in [0.4, 0.5) is 10.9 Å². The molecule has 1 aliphatic rings. The highest BCUT2D eigenvalue weighted by atomic mass is 32.1. The first-order valence-corrected chi connectivity index (χ1v) is 11.2. The molecule has 1 amide bonds. The fraction of sp³-hybridized carbons (Fsp3) is 0.364. The molecule has 0 radical (unpaired) electrons. The van der Waals surface area contributed by atoms with Crippen molar-refractivity contribution in [3.05, 3.63) is 48.4 Å². The summed E-state index contributed by atoms with van der Waals surface area (Å²) in [4.78, 5) is 28.5. The summed E-state index contributed by atoms with van der Waals surface area (Å²) in [6.07, 6.45) is 1.84. The van der Waals surface area contributed by atoms with E-state index in [9.17, 15) is 4.79 Å². The maximum absolute atomic E-state index is 12.3. The van der Waals surface area contributed by atoms with E-state index in [-0.39, 0.29) is 11.9 Å². The van der Waals surface area contributed by atoms with Crippen LogP contribution in [0.15, 0.2) is 42.6 Å². The highest BCUT2D eigenvalue weighted by Crippen LogP contribution is 2.30. The second kappa shape index (κ2) is 10.5. The van der Waals surface area contributed by atoms with Gasteiger partial charge in [-0.1, -0.05) is 41.7 Å². The number of amides is 1. The Hall–Kier alpha value is -3.08. The van der Waals surface area contributed by atoms with Crippen LogP contribution in [0.5, 0.6) is 5.88 Å². The van der Waals surface area contributed by atoms with Crippen LogP contribution in [-0.4, -0.2) is 71.8 Å². The normalized spacial score (nSPS) is 16.5. The standard InChI is InChI=1S/C22H26N6O3S/c1-15-25-19(27-22-24-13-18(32-22)16-6-4-3-5-7-16)12-20(26-15)31-10-8-23-21(29)17-14-30-11-9-28(17)2/h3-7,12-13,17H,8-11,14H2,1-2H3,(H,23,29)(H,24,25,26,27)/t17-/m0/s1. The molecule has 2 aromatic heterocycles. The summed E-state index contributed by atoms with van der Waals surface area (Å²) in [7, 11) is 1.92. The van der Waals surface area contributed by atoms with Gasteiger partial charge in [0, 0.05) is 18.8 Å². The van der Waals surface area contributed by atoms with Crippen LogP contribution in [0.2, 0.25) is 0 Å². The molecule has 10 heteroatoms. The Morgan fingerprint density at radius 2 is 2.16 bits per heavy atom. The van der Waals surface area contributed by atoms with Gasteiger partial charge >= 0.3 is 0 Å². The zero-order chi connectivity index (χ0) is 22.3. The van der Waals surface area contributed by atoms with Gasteiger partial charge in [0.05, 0.1) is 24.6 Å². The predicted octanol–water partition coefficient (Wildman–Crippen LogP) is 2.48. The lowest BCUT2D eigenvalue weighted by atomic mass is 10.2. The first-order chi connectivity index (χ1) is 15.6. The maximum Gasteiger partial charge on any atom is 0.239 e. The van der Waals surface area contributed by atoms with Crippen molar-refractivity contribution >= 4 is 28.2 Å². The fourth-order valence-corrected chi connectivity index (χ4v) is 4.09. The molecule has 3 heterocycles. The number of anilines is 2. The third-order valence-corrected chi connectivity index (χ3v) is 5.93. The van der Waals surface area contributed by atoms with Crippen molar-refractivity contribution in [3.8, 4) is 16.3 Å². The van der Waals surface area contributed by atoms with Crippen molar-refractivity contribution in [3.63, 3.8) is 0 Å². The second-order valence-corrected chi connectivity index (χ2v) is 8.40. The van der Waals surface area contributed by atoms with E-state index in [1.807, 2.05) is 36.3 Å². The van der Waals surface area contributed by atoms with Crippen molar-refractivity contribution < 1.29 is 14.3 Å². The Balaban J connectivity index is 1.30.